The molecule has 1 aliphatic rings. The Morgan fingerprint density at radius 2 is 1.97 bits per heavy atom. The third-order valence-corrected chi connectivity index (χ3v) is 5.74. The lowest BCUT2D eigenvalue weighted by atomic mass is 10.0. The van der Waals surface area contributed by atoms with Crippen LogP contribution in [0.2, 0.25) is 10.0 Å². The SMILES string of the molecule is COc1ncc(C(=O)N2CCC(NC(=O)c3ccccc3Cl)c3c2cnn3C)cc1Cl. The highest BCUT2D eigenvalue weighted by Gasteiger charge is 2.34. The van der Waals surface area contributed by atoms with Gasteiger partial charge in [-0.2, -0.15) is 5.10 Å². The highest BCUT2D eigenvalue weighted by molar-refractivity contribution is 6.33. The van der Waals surface area contributed by atoms with Gasteiger partial charge in [-0.1, -0.05) is 35.3 Å². The van der Waals surface area contributed by atoms with E-state index in [9.17, 15) is 9.59 Å². The van der Waals surface area contributed by atoms with Gasteiger partial charge in [0.05, 0.1) is 46.9 Å². The lowest BCUT2D eigenvalue weighted by Crippen LogP contribution is -2.41. The molecule has 160 valence electrons. The average molecular weight is 460 g/mol. The molecule has 1 aromatic carbocycles. The average Bonchev–Trinajstić information content (AvgIpc) is 3.16. The first-order chi connectivity index (χ1) is 14.9. The predicted octanol–water partition coefficient (Wildman–Crippen LogP) is 3.65. The van der Waals surface area contributed by atoms with E-state index in [1.807, 2.05) is 0 Å². The van der Waals surface area contributed by atoms with Gasteiger partial charge in [-0.25, -0.2) is 4.98 Å². The Bertz CT molecular complexity index is 1160. The van der Waals surface area contributed by atoms with Gasteiger partial charge < -0.3 is 15.0 Å². The van der Waals surface area contributed by atoms with Crippen molar-refractivity contribution in [1.29, 1.82) is 0 Å². The van der Waals surface area contributed by atoms with Gasteiger partial charge in [-0.05, 0) is 24.6 Å². The minimum absolute atomic E-state index is 0.251. The van der Waals surface area contributed by atoms with Gasteiger partial charge in [0.1, 0.15) is 5.02 Å². The first kappa shape index (κ1) is 21.1. The van der Waals surface area contributed by atoms with Crippen LogP contribution in [0.1, 0.15) is 38.9 Å². The van der Waals surface area contributed by atoms with Crippen molar-refractivity contribution < 1.29 is 14.3 Å². The molecule has 4 rings (SSSR count). The van der Waals surface area contributed by atoms with E-state index < -0.39 is 0 Å². The summed E-state index contributed by atoms with van der Waals surface area (Å²) in [6, 6.07) is 8.06. The molecule has 2 aromatic heterocycles. The Morgan fingerprint density at radius 3 is 2.68 bits per heavy atom. The summed E-state index contributed by atoms with van der Waals surface area (Å²) < 4.78 is 6.71. The molecular weight excluding hydrogens is 441 g/mol. The maximum atomic E-state index is 13.2. The van der Waals surface area contributed by atoms with Crippen LogP contribution in [0.3, 0.4) is 0 Å². The second-order valence-electron chi connectivity index (χ2n) is 7.01. The Hall–Kier alpha value is -3.10. The van der Waals surface area contributed by atoms with Gasteiger partial charge in [0.2, 0.25) is 5.88 Å². The van der Waals surface area contributed by atoms with Crippen molar-refractivity contribution in [1.82, 2.24) is 20.1 Å². The summed E-state index contributed by atoms with van der Waals surface area (Å²) in [5.41, 5.74) is 2.08. The van der Waals surface area contributed by atoms with E-state index in [0.29, 0.717) is 34.8 Å². The molecule has 31 heavy (non-hydrogen) atoms. The molecule has 3 aromatic rings. The van der Waals surface area contributed by atoms with Crippen LogP contribution in [0.15, 0.2) is 42.7 Å². The standard InChI is InChI=1S/C21H19Cl2N5O3/c1-27-18-16(26-19(29)13-5-3-4-6-14(13)22)7-8-28(17(18)11-25-27)21(30)12-9-15(23)20(31-2)24-10-12/h3-6,9-11,16H,7-8H2,1-2H3,(H,26,29). The number of fused-ring (bicyclic) bond motifs is 1. The summed E-state index contributed by atoms with van der Waals surface area (Å²) >= 11 is 12.3. The Morgan fingerprint density at radius 1 is 1.19 bits per heavy atom. The monoisotopic (exact) mass is 459 g/mol. The number of halogens is 2. The maximum Gasteiger partial charge on any atom is 0.259 e. The van der Waals surface area contributed by atoms with Crippen LogP contribution in [0.5, 0.6) is 5.88 Å². The fraction of sp³-hybridized carbons (Fsp3) is 0.238. The molecule has 0 bridgehead atoms. The zero-order valence-electron chi connectivity index (χ0n) is 16.8. The molecule has 0 aliphatic carbocycles. The van der Waals surface area contributed by atoms with Gasteiger partial charge in [0.25, 0.3) is 11.8 Å². The second kappa shape index (κ2) is 8.56. The van der Waals surface area contributed by atoms with Gasteiger partial charge in [0.15, 0.2) is 0 Å². The number of rotatable bonds is 4. The highest BCUT2D eigenvalue weighted by Crippen LogP contribution is 2.35. The Balaban J connectivity index is 1.61. The van der Waals surface area contributed by atoms with Crippen LogP contribution in [-0.2, 0) is 7.05 Å². The van der Waals surface area contributed by atoms with Crippen molar-refractivity contribution in [3.05, 3.63) is 69.6 Å². The molecule has 10 heteroatoms. The summed E-state index contributed by atoms with van der Waals surface area (Å²) in [6.45, 7) is 0.384. The van der Waals surface area contributed by atoms with E-state index in [-0.39, 0.29) is 28.8 Å². The molecule has 3 heterocycles. The summed E-state index contributed by atoms with van der Waals surface area (Å²) in [4.78, 5) is 31.6. The van der Waals surface area contributed by atoms with E-state index in [1.54, 1.807) is 47.1 Å². The topological polar surface area (TPSA) is 89.3 Å². The molecule has 1 N–H and O–H groups in total. The smallest absolute Gasteiger partial charge is 0.259 e. The third-order valence-electron chi connectivity index (χ3n) is 5.14. The van der Waals surface area contributed by atoms with Crippen LogP contribution >= 0.6 is 23.2 Å². The number of carbonyl (C=O) groups is 2. The van der Waals surface area contributed by atoms with Crippen LogP contribution < -0.4 is 15.0 Å². The minimum Gasteiger partial charge on any atom is -0.480 e. The van der Waals surface area contributed by atoms with E-state index >= 15 is 0 Å². The van der Waals surface area contributed by atoms with Crippen molar-refractivity contribution in [2.75, 3.05) is 18.6 Å². The number of benzene rings is 1. The number of aryl methyl sites for hydroxylation is 1. The fourth-order valence-corrected chi connectivity index (χ4v) is 4.11. The molecule has 2 amide bonds. The molecular formula is C21H19Cl2N5O3. The molecule has 1 aliphatic heterocycles. The maximum absolute atomic E-state index is 13.2. The molecule has 0 radical (unpaired) electrons. The van der Waals surface area contributed by atoms with Gasteiger partial charge in [-0.15, -0.1) is 0 Å². The number of amides is 2. The van der Waals surface area contributed by atoms with Crippen molar-refractivity contribution in [3.63, 3.8) is 0 Å². The number of anilines is 1. The number of pyridine rings is 1. The summed E-state index contributed by atoms with van der Waals surface area (Å²) in [6.07, 6.45) is 3.54. The van der Waals surface area contributed by atoms with Crippen molar-refractivity contribution in [3.8, 4) is 5.88 Å². The number of hydrogen-bond donors (Lipinski definition) is 1. The molecule has 0 saturated heterocycles. The lowest BCUT2D eigenvalue weighted by molar-refractivity contribution is 0.0931. The number of carbonyl (C=O) groups excluding carboxylic acids is 2. The van der Waals surface area contributed by atoms with Crippen molar-refractivity contribution in [2.24, 2.45) is 7.05 Å². The predicted molar refractivity (Wildman–Crippen MR) is 117 cm³/mol. The highest BCUT2D eigenvalue weighted by atomic mass is 35.5. The van der Waals surface area contributed by atoms with Gasteiger partial charge >= 0.3 is 0 Å². The van der Waals surface area contributed by atoms with Crippen LogP contribution in [0.4, 0.5) is 5.69 Å². The molecule has 0 fully saturated rings. The number of hydrogen-bond acceptors (Lipinski definition) is 5. The van der Waals surface area contributed by atoms with Crippen molar-refractivity contribution >= 4 is 40.7 Å². The first-order valence-electron chi connectivity index (χ1n) is 9.49. The summed E-state index contributed by atoms with van der Waals surface area (Å²) in [7, 11) is 3.23. The number of nitrogens with zero attached hydrogens (tertiary/aromatic N) is 4. The zero-order valence-corrected chi connectivity index (χ0v) is 18.3. The molecule has 1 unspecified atom stereocenters. The van der Waals surface area contributed by atoms with E-state index in [2.05, 4.69) is 15.4 Å². The van der Waals surface area contributed by atoms with Crippen LogP contribution in [0, 0.1) is 0 Å². The number of ether oxygens (including phenoxy) is 1. The van der Waals surface area contributed by atoms with Crippen molar-refractivity contribution in [2.45, 2.75) is 12.5 Å². The lowest BCUT2D eigenvalue weighted by Gasteiger charge is -2.32. The largest absolute Gasteiger partial charge is 0.480 e. The zero-order chi connectivity index (χ0) is 22.1. The van der Waals surface area contributed by atoms with E-state index in [4.69, 9.17) is 27.9 Å². The van der Waals surface area contributed by atoms with Gasteiger partial charge in [-0.3, -0.25) is 14.3 Å². The fourth-order valence-electron chi connectivity index (χ4n) is 3.64. The Kier molecular flexibility index (Phi) is 5.84. The molecule has 0 saturated carbocycles. The van der Waals surface area contributed by atoms with Gasteiger partial charge in [0, 0.05) is 19.8 Å². The Labute approximate surface area is 188 Å². The van der Waals surface area contributed by atoms with E-state index in [0.717, 1.165) is 5.69 Å². The quantitative estimate of drug-likeness (QED) is 0.642. The number of methoxy groups -OCH3 is 1. The summed E-state index contributed by atoms with van der Waals surface area (Å²) in [5.74, 6) is -0.294. The van der Waals surface area contributed by atoms with E-state index in [1.165, 1.54) is 19.4 Å². The number of nitrogens with one attached hydrogen (secondary N) is 1. The number of aromatic nitrogens is 3. The molecule has 8 nitrogen and oxygen atoms in total. The van der Waals surface area contributed by atoms with Crippen LogP contribution in [-0.4, -0.2) is 40.2 Å². The minimum atomic E-state index is -0.326. The summed E-state index contributed by atoms with van der Waals surface area (Å²) in [5, 5.41) is 7.94. The second-order valence-corrected chi connectivity index (χ2v) is 7.82. The normalized spacial score (nSPS) is 15.4. The first-order valence-corrected chi connectivity index (χ1v) is 10.2. The third kappa shape index (κ3) is 3.96. The molecule has 1 atom stereocenters. The molecule has 0 spiro atoms. The van der Waals surface area contributed by atoms with Crippen LogP contribution in [0.25, 0.3) is 0 Å².